The number of aromatic nitrogens is 4. The monoisotopic (exact) mass is 635 g/mol. The van der Waals surface area contributed by atoms with E-state index in [0.717, 1.165) is 22.3 Å². The summed E-state index contributed by atoms with van der Waals surface area (Å²) in [5, 5.41) is 0.650. The molecule has 0 N–H and O–H groups in total. The Balaban J connectivity index is 1.26. The lowest BCUT2D eigenvalue weighted by Gasteiger charge is -2.12. The molecule has 0 atom stereocenters. The van der Waals surface area contributed by atoms with Crippen LogP contribution in [0.25, 0.3) is 83.9 Å². The van der Waals surface area contributed by atoms with Crippen LogP contribution < -0.4 is 0 Å². The smallest absolute Gasteiger partial charge is 0.164 e. The fourth-order valence-corrected chi connectivity index (χ4v) is 6.14. The first-order valence-corrected chi connectivity index (χ1v) is 15.7. The number of fused-ring (bicyclic) bond motifs is 3. The van der Waals surface area contributed by atoms with Crippen molar-refractivity contribution in [3.05, 3.63) is 182 Å². The second-order valence-corrected chi connectivity index (χ2v) is 11.5. The highest BCUT2D eigenvalue weighted by atomic mass is 15.0. The molecule has 0 bridgehead atoms. The van der Waals surface area contributed by atoms with E-state index in [4.69, 9.17) is 27.3 Å². The van der Waals surface area contributed by atoms with Gasteiger partial charge in [-0.25, -0.2) is 15.0 Å². The molecular weight excluding hydrogens is 597 g/mol. The summed E-state index contributed by atoms with van der Waals surface area (Å²) < 4.78 is 78.8. The molecule has 49 heavy (non-hydrogen) atoms. The van der Waals surface area contributed by atoms with Crippen molar-refractivity contribution in [1.29, 1.82) is 0 Å². The lowest BCUT2D eigenvalue weighted by Crippen LogP contribution is -2.01. The molecule has 0 unspecified atom stereocenters. The van der Waals surface area contributed by atoms with Crippen molar-refractivity contribution >= 4 is 21.8 Å². The van der Waals surface area contributed by atoms with Crippen molar-refractivity contribution in [3.8, 4) is 62.1 Å². The zero-order valence-electron chi connectivity index (χ0n) is 34.9. The van der Waals surface area contributed by atoms with Crippen LogP contribution in [0.2, 0.25) is 0 Å². The summed E-state index contributed by atoms with van der Waals surface area (Å²) in [6.45, 7) is 0. The Bertz CT molecular complexity index is 3090. The van der Waals surface area contributed by atoms with Crippen molar-refractivity contribution in [2.24, 2.45) is 0 Å². The van der Waals surface area contributed by atoms with Crippen LogP contribution in [0.15, 0.2) is 182 Å². The molecular formula is C45H30N4. The molecule has 0 fully saturated rings. The van der Waals surface area contributed by atoms with Crippen LogP contribution in [-0.2, 0) is 0 Å². The summed E-state index contributed by atoms with van der Waals surface area (Å²) in [7, 11) is 0. The third kappa shape index (κ3) is 5.35. The first kappa shape index (κ1) is 20.6. The summed E-state index contributed by atoms with van der Waals surface area (Å²) >= 11 is 0. The van der Waals surface area contributed by atoms with Gasteiger partial charge in [-0.2, -0.15) is 0 Å². The van der Waals surface area contributed by atoms with Crippen molar-refractivity contribution < 1.29 is 12.3 Å². The molecule has 0 saturated carbocycles. The van der Waals surface area contributed by atoms with Crippen LogP contribution in [0.3, 0.4) is 0 Å². The van der Waals surface area contributed by atoms with E-state index in [2.05, 4.69) is 0 Å². The van der Waals surface area contributed by atoms with Gasteiger partial charge in [0.15, 0.2) is 17.5 Å². The molecule has 0 spiro atoms. The van der Waals surface area contributed by atoms with Crippen LogP contribution in [0.4, 0.5) is 0 Å². The summed E-state index contributed by atoms with van der Waals surface area (Å²) in [5.41, 5.74) is 5.90. The Morgan fingerprint density at radius 1 is 0.367 bits per heavy atom. The molecule has 0 saturated heterocycles. The largest absolute Gasteiger partial charge is 0.309 e. The Hall–Kier alpha value is -6.65. The van der Waals surface area contributed by atoms with Gasteiger partial charge in [0.25, 0.3) is 0 Å². The maximum atomic E-state index is 9.08. The first-order chi connectivity index (χ1) is 28.0. The van der Waals surface area contributed by atoms with Gasteiger partial charge in [-0.05, 0) is 58.6 Å². The minimum atomic E-state index is -0.507. The second-order valence-electron chi connectivity index (χ2n) is 11.5. The minimum Gasteiger partial charge on any atom is -0.309 e. The van der Waals surface area contributed by atoms with Crippen LogP contribution >= 0.6 is 0 Å². The number of nitrogens with zero attached hydrogens (tertiary/aromatic N) is 4. The summed E-state index contributed by atoms with van der Waals surface area (Å²) in [5.74, 6) is 1.34. The third-order valence-corrected chi connectivity index (χ3v) is 8.44. The van der Waals surface area contributed by atoms with Gasteiger partial charge in [-0.15, -0.1) is 0 Å². The number of benzene rings is 7. The third-order valence-electron chi connectivity index (χ3n) is 8.44. The average molecular weight is 636 g/mol. The normalized spacial score (nSPS) is 13.8. The summed E-state index contributed by atoms with van der Waals surface area (Å²) in [6, 6.07) is 36.5. The molecule has 0 aliphatic rings. The average Bonchev–Trinajstić information content (AvgIpc) is 3.61. The number of hydrogen-bond donors (Lipinski definition) is 0. The fourth-order valence-electron chi connectivity index (χ4n) is 6.14. The van der Waals surface area contributed by atoms with Crippen LogP contribution in [0, 0.1) is 0 Å². The summed E-state index contributed by atoms with van der Waals surface area (Å²) in [4.78, 5) is 14.8. The fraction of sp³-hybridized carbons (Fsp3) is 0. The van der Waals surface area contributed by atoms with Gasteiger partial charge in [0.2, 0.25) is 0 Å². The molecule has 9 aromatic rings. The molecule has 4 heteroatoms. The van der Waals surface area contributed by atoms with Gasteiger partial charge in [-0.1, -0.05) is 145 Å². The Morgan fingerprint density at radius 3 is 1.69 bits per heavy atom. The molecule has 0 radical (unpaired) electrons. The molecule has 9 rings (SSSR count). The van der Waals surface area contributed by atoms with Crippen molar-refractivity contribution in [2.75, 3.05) is 0 Å². The van der Waals surface area contributed by atoms with Crippen molar-refractivity contribution in [3.63, 3.8) is 0 Å². The SMILES string of the molecule is [2H]c1c([2H])c([2H])c(-c2ccc3c(c2)c2c([2H])c([2H])c([2H])c([2H])c2n3-c2cccc(-c3nc(-c4ccccc4)nc(-c4cccc(-c5ccccc5)c4)n3)c2)c([2H])c1[2H]. The van der Waals surface area contributed by atoms with Crippen molar-refractivity contribution in [1.82, 2.24) is 19.5 Å². The Morgan fingerprint density at radius 2 is 0.939 bits per heavy atom. The minimum absolute atomic E-state index is 0.00852. The van der Waals surface area contributed by atoms with Crippen LogP contribution in [-0.4, -0.2) is 19.5 Å². The van der Waals surface area contributed by atoms with Crippen LogP contribution in [0.5, 0.6) is 0 Å². The molecule has 4 nitrogen and oxygen atoms in total. The lowest BCUT2D eigenvalue weighted by molar-refractivity contribution is 1.07. The van der Waals surface area contributed by atoms with E-state index in [1.807, 2.05) is 109 Å². The van der Waals surface area contributed by atoms with Gasteiger partial charge in [-0.3, -0.25) is 0 Å². The first-order valence-electron chi connectivity index (χ1n) is 20.2. The van der Waals surface area contributed by atoms with E-state index in [9.17, 15) is 0 Å². The molecule has 2 aromatic heterocycles. The van der Waals surface area contributed by atoms with E-state index in [1.165, 1.54) is 0 Å². The molecule has 2 heterocycles. The second kappa shape index (κ2) is 12.2. The standard InChI is InChI=1S/C45H30N4/c1-4-14-31(15-5-1)34-20-12-21-36(28-34)44-46-43(33-18-8-3-9-19-33)47-45(48-44)37-22-13-23-38(29-37)49-41-25-11-10-24-39(41)40-30-35(26-27-42(40)49)32-16-6-2-7-17-32/h1-30H/i2D,6D,7D,10D,11D,16D,17D,24D,25D. The molecule has 7 aromatic carbocycles. The quantitative estimate of drug-likeness (QED) is 0.183. The molecule has 0 aliphatic carbocycles. The van der Waals surface area contributed by atoms with Gasteiger partial charge in [0.1, 0.15) is 0 Å². The van der Waals surface area contributed by atoms with E-state index in [1.54, 1.807) is 22.8 Å². The zero-order chi connectivity index (χ0) is 40.4. The van der Waals surface area contributed by atoms with Gasteiger partial charge in [0.05, 0.1) is 23.4 Å². The molecule has 230 valence electrons. The zero-order valence-corrected chi connectivity index (χ0v) is 25.9. The van der Waals surface area contributed by atoms with Gasteiger partial charge in [0, 0.05) is 33.2 Å². The number of hydrogen-bond acceptors (Lipinski definition) is 3. The van der Waals surface area contributed by atoms with Gasteiger partial charge >= 0.3 is 0 Å². The van der Waals surface area contributed by atoms with E-state index in [-0.39, 0.29) is 40.6 Å². The van der Waals surface area contributed by atoms with Crippen molar-refractivity contribution in [2.45, 2.75) is 0 Å². The maximum Gasteiger partial charge on any atom is 0.164 e. The Labute approximate surface area is 297 Å². The molecule has 0 aliphatic heterocycles. The number of para-hydroxylation sites is 1. The number of rotatable bonds is 6. The Kier molecular flexibility index (Phi) is 5.11. The van der Waals surface area contributed by atoms with E-state index in [0.29, 0.717) is 45.2 Å². The molecule has 0 amide bonds. The predicted molar refractivity (Wildman–Crippen MR) is 201 cm³/mol. The van der Waals surface area contributed by atoms with Crippen LogP contribution in [0.1, 0.15) is 12.3 Å². The van der Waals surface area contributed by atoms with E-state index < -0.39 is 30.2 Å². The lowest BCUT2D eigenvalue weighted by atomic mass is 10.0. The van der Waals surface area contributed by atoms with E-state index >= 15 is 0 Å². The summed E-state index contributed by atoms with van der Waals surface area (Å²) in [6.07, 6.45) is 0. The maximum absolute atomic E-state index is 9.08. The predicted octanol–water partition coefficient (Wildman–Crippen LogP) is 11.3. The highest BCUT2D eigenvalue weighted by Gasteiger charge is 2.16. The van der Waals surface area contributed by atoms with Gasteiger partial charge < -0.3 is 4.57 Å². The highest BCUT2D eigenvalue weighted by molar-refractivity contribution is 6.10. The highest BCUT2D eigenvalue weighted by Crippen LogP contribution is 2.36. The topological polar surface area (TPSA) is 43.6 Å².